The van der Waals surface area contributed by atoms with Crippen LogP contribution in [-0.4, -0.2) is 46.9 Å². The van der Waals surface area contributed by atoms with Crippen LogP contribution < -0.4 is 0 Å². The van der Waals surface area contributed by atoms with E-state index in [1.165, 1.54) is 0 Å². The van der Waals surface area contributed by atoms with Crippen LogP contribution in [0.2, 0.25) is 0 Å². The zero-order valence-corrected chi connectivity index (χ0v) is 5.84. The van der Waals surface area contributed by atoms with Crippen LogP contribution in [0.15, 0.2) is 0 Å². The monoisotopic (exact) mass is 169 g/mol. The SMILES string of the molecule is O=[N+]([O-])O.OCCOCCO. The van der Waals surface area contributed by atoms with Gasteiger partial charge in [-0.2, -0.15) is 0 Å². The highest BCUT2D eigenvalue weighted by molar-refractivity contribution is 4.24. The Kier molecular flexibility index (Phi) is 13.7. The second-order valence-electron chi connectivity index (χ2n) is 1.30. The highest BCUT2D eigenvalue weighted by Crippen LogP contribution is 1.68. The Balaban J connectivity index is 0. The summed E-state index contributed by atoms with van der Waals surface area (Å²) in [4.78, 5) is 8.36. The van der Waals surface area contributed by atoms with Gasteiger partial charge < -0.3 is 20.2 Å². The van der Waals surface area contributed by atoms with E-state index in [0.717, 1.165) is 0 Å². The molecule has 0 spiro atoms. The second kappa shape index (κ2) is 11.8. The summed E-state index contributed by atoms with van der Waals surface area (Å²) in [5.74, 6) is 0. The van der Waals surface area contributed by atoms with E-state index in [1.54, 1.807) is 0 Å². The third kappa shape index (κ3) is 48.0. The van der Waals surface area contributed by atoms with Crippen molar-refractivity contribution >= 4 is 0 Å². The van der Waals surface area contributed by atoms with E-state index in [0.29, 0.717) is 13.2 Å². The van der Waals surface area contributed by atoms with Crippen molar-refractivity contribution < 1.29 is 25.2 Å². The lowest BCUT2D eigenvalue weighted by Crippen LogP contribution is -2.03. The first-order valence-corrected chi connectivity index (χ1v) is 2.77. The number of rotatable bonds is 4. The summed E-state index contributed by atoms with van der Waals surface area (Å²) in [5.41, 5.74) is 0. The van der Waals surface area contributed by atoms with Crippen LogP contribution in [0.3, 0.4) is 0 Å². The predicted octanol–water partition coefficient (Wildman–Crippen LogP) is -1.36. The molecule has 7 heteroatoms. The lowest BCUT2D eigenvalue weighted by atomic mass is 10.7. The van der Waals surface area contributed by atoms with Crippen molar-refractivity contribution in [2.45, 2.75) is 0 Å². The lowest BCUT2D eigenvalue weighted by Gasteiger charge is -1.94. The average Bonchev–Trinajstić information content (AvgIpc) is 1.88. The van der Waals surface area contributed by atoms with Gasteiger partial charge in [0.2, 0.25) is 0 Å². The number of hydrogen-bond acceptors (Lipinski definition) is 5. The minimum absolute atomic E-state index is 0.0278. The van der Waals surface area contributed by atoms with Gasteiger partial charge in [-0.25, -0.2) is 0 Å². The smallest absolute Gasteiger partial charge is 0.291 e. The zero-order valence-electron chi connectivity index (χ0n) is 5.84. The molecule has 0 aliphatic heterocycles. The standard InChI is InChI=1S/C4H10O3.HNO3/c5-1-3-7-4-2-6;2-1(3)4/h5-6H,1-4H2;(H,2,3,4). The van der Waals surface area contributed by atoms with Crippen LogP contribution >= 0.6 is 0 Å². The largest absolute Gasteiger partial charge is 0.394 e. The van der Waals surface area contributed by atoms with Crippen LogP contribution in [0.5, 0.6) is 0 Å². The maximum atomic E-state index is 8.36. The topological polar surface area (TPSA) is 113 Å². The summed E-state index contributed by atoms with van der Waals surface area (Å²) in [6, 6.07) is 0. The Labute approximate surface area is 62.9 Å². The van der Waals surface area contributed by atoms with E-state index in [2.05, 4.69) is 4.74 Å². The maximum absolute atomic E-state index is 8.36. The molecular formula is C4H11NO6. The van der Waals surface area contributed by atoms with Gasteiger partial charge in [-0.05, 0) is 0 Å². The highest BCUT2D eigenvalue weighted by Gasteiger charge is 1.79. The van der Waals surface area contributed by atoms with Gasteiger partial charge in [-0.3, -0.25) is 0 Å². The minimum Gasteiger partial charge on any atom is -0.394 e. The molecule has 68 valence electrons. The number of aliphatic hydroxyl groups excluding tert-OH is 2. The number of hydrogen-bond donors (Lipinski definition) is 3. The Bertz CT molecular complexity index is 78.7. The van der Waals surface area contributed by atoms with Gasteiger partial charge in [0.1, 0.15) is 0 Å². The van der Waals surface area contributed by atoms with Crippen LogP contribution in [0.1, 0.15) is 0 Å². The molecule has 0 aromatic carbocycles. The maximum Gasteiger partial charge on any atom is 0.291 e. The van der Waals surface area contributed by atoms with Crippen LogP contribution in [0.4, 0.5) is 0 Å². The van der Waals surface area contributed by atoms with Gasteiger partial charge in [-0.15, -0.1) is 10.1 Å². The van der Waals surface area contributed by atoms with E-state index >= 15 is 0 Å². The first kappa shape index (κ1) is 12.7. The number of aliphatic hydroxyl groups is 2. The van der Waals surface area contributed by atoms with Crippen molar-refractivity contribution in [3.05, 3.63) is 10.1 Å². The average molecular weight is 169 g/mol. The molecule has 0 saturated heterocycles. The van der Waals surface area contributed by atoms with E-state index < -0.39 is 5.09 Å². The fraction of sp³-hybridized carbons (Fsp3) is 1.00. The number of nitrogens with zero attached hydrogens (tertiary/aromatic N) is 1. The van der Waals surface area contributed by atoms with E-state index in [4.69, 9.17) is 25.5 Å². The van der Waals surface area contributed by atoms with Gasteiger partial charge in [0.25, 0.3) is 5.09 Å². The second-order valence-corrected chi connectivity index (χ2v) is 1.30. The molecule has 0 aliphatic carbocycles. The van der Waals surface area contributed by atoms with E-state index in [1.807, 2.05) is 0 Å². The normalized spacial score (nSPS) is 8.18. The Morgan fingerprint density at radius 2 is 1.55 bits per heavy atom. The molecule has 0 aromatic heterocycles. The summed E-state index contributed by atoms with van der Waals surface area (Å²) in [6.45, 7) is 0.696. The fourth-order valence-electron chi connectivity index (χ4n) is 0.231. The van der Waals surface area contributed by atoms with Gasteiger partial charge in [0.05, 0.1) is 26.4 Å². The van der Waals surface area contributed by atoms with Gasteiger partial charge in [-0.1, -0.05) is 0 Å². The lowest BCUT2D eigenvalue weighted by molar-refractivity contribution is -0.742. The first-order chi connectivity index (χ1) is 5.15. The fourth-order valence-corrected chi connectivity index (χ4v) is 0.231. The van der Waals surface area contributed by atoms with Crippen molar-refractivity contribution in [3.8, 4) is 0 Å². The van der Waals surface area contributed by atoms with Crippen molar-refractivity contribution in [1.82, 2.24) is 0 Å². The molecule has 0 saturated carbocycles. The van der Waals surface area contributed by atoms with Crippen molar-refractivity contribution in [3.63, 3.8) is 0 Å². The molecule has 0 amide bonds. The molecule has 0 aromatic rings. The quantitative estimate of drug-likeness (QED) is 0.272. The molecule has 0 heterocycles. The van der Waals surface area contributed by atoms with E-state index in [-0.39, 0.29) is 13.2 Å². The Morgan fingerprint density at radius 1 is 1.27 bits per heavy atom. The van der Waals surface area contributed by atoms with Crippen molar-refractivity contribution in [2.75, 3.05) is 26.4 Å². The molecule has 0 rings (SSSR count). The van der Waals surface area contributed by atoms with Crippen LogP contribution in [0.25, 0.3) is 0 Å². The summed E-state index contributed by atoms with van der Waals surface area (Å²) in [5, 5.41) is 29.8. The van der Waals surface area contributed by atoms with Gasteiger partial charge in [0, 0.05) is 0 Å². The predicted molar refractivity (Wildman–Crippen MR) is 33.8 cm³/mol. The summed E-state index contributed by atoms with van der Waals surface area (Å²) in [7, 11) is 0. The molecule has 11 heavy (non-hydrogen) atoms. The molecule has 0 radical (unpaired) electrons. The zero-order chi connectivity index (χ0) is 9.11. The minimum atomic E-state index is -1.50. The molecule has 0 atom stereocenters. The molecular weight excluding hydrogens is 158 g/mol. The third-order valence-corrected chi connectivity index (χ3v) is 0.471. The van der Waals surface area contributed by atoms with E-state index in [9.17, 15) is 0 Å². The number of ether oxygens (including phenoxy) is 1. The molecule has 0 aliphatic rings. The molecule has 7 nitrogen and oxygen atoms in total. The molecule has 0 bridgehead atoms. The molecule has 3 N–H and O–H groups in total. The Morgan fingerprint density at radius 3 is 1.73 bits per heavy atom. The van der Waals surface area contributed by atoms with Gasteiger partial charge in [0.15, 0.2) is 0 Å². The van der Waals surface area contributed by atoms with Crippen molar-refractivity contribution in [2.24, 2.45) is 0 Å². The molecule has 0 fully saturated rings. The van der Waals surface area contributed by atoms with Crippen LogP contribution in [0, 0.1) is 10.1 Å². The van der Waals surface area contributed by atoms with Crippen molar-refractivity contribution in [1.29, 1.82) is 0 Å². The summed E-state index contributed by atoms with van der Waals surface area (Å²) >= 11 is 0. The van der Waals surface area contributed by atoms with Gasteiger partial charge >= 0.3 is 0 Å². The third-order valence-electron chi connectivity index (χ3n) is 0.471. The highest BCUT2D eigenvalue weighted by atomic mass is 16.9. The Hall–Kier alpha value is -0.920. The molecule has 0 unspecified atom stereocenters. The van der Waals surface area contributed by atoms with Crippen LogP contribution in [-0.2, 0) is 4.74 Å². The first-order valence-electron chi connectivity index (χ1n) is 2.77. The summed E-state index contributed by atoms with van der Waals surface area (Å²) in [6.07, 6.45) is 0. The summed E-state index contributed by atoms with van der Waals surface area (Å²) < 4.78 is 4.63.